The van der Waals surface area contributed by atoms with Crippen LogP contribution in [0, 0.1) is 5.41 Å². The first kappa shape index (κ1) is 23.0. The van der Waals surface area contributed by atoms with Crippen LogP contribution < -0.4 is 10.5 Å². The van der Waals surface area contributed by atoms with Gasteiger partial charge in [0.15, 0.2) is 0 Å². The van der Waals surface area contributed by atoms with Crippen LogP contribution in [0.15, 0.2) is 42.6 Å². The van der Waals surface area contributed by atoms with E-state index < -0.39 is 0 Å². The van der Waals surface area contributed by atoms with Crippen molar-refractivity contribution in [3.05, 3.63) is 53.7 Å². The third kappa shape index (κ3) is 5.11. The van der Waals surface area contributed by atoms with Gasteiger partial charge in [-0.15, -0.1) is 0 Å². The van der Waals surface area contributed by atoms with Gasteiger partial charge in [-0.1, -0.05) is 18.6 Å². The van der Waals surface area contributed by atoms with Gasteiger partial charge in [-0.25, -0.2) is 4.98 Å². The maximum atomic E-state index is 13.2. The topological polar surface area (TPSA) is 109 Å². The van der Waals surface area contributed by atoms with Gasteiger partial charge in [0.2, 0.25) is 0 Å². The third-order valence-corrected chi connectivity index (χ3v) is 6.92. The van der Waals surface area contributed by atoms with Gasteiger partial charge in [0, 0.05) is 32.4 Å². The van der Waals surface area contributed by atoms with Crippen LogP contribution in [0.3, 0.4) is 0 Å². The van der Waals surface area contributed by atoms with Crippen LogP contribution in [0.5, 0.6) is 5.75 Å². The molecule has 4 heterocycles. The maximum Gasteiger partial charge on any atom is 0.257 e. The molecule has 3 aliphatic rings. The lowest BCUT2D eigenvalue weighted by Crippen LogP contribution is -2.44. The molecule has 0 unspecified atom stereocenters. The molecule has 1 fully saturated rings. The fourth-order valence-electron chi connectivity index (χ4n) is 4.76. The number of rotatable bonds is 2. The highest BCUT2D eigenvalue weighted by molar-refractivity contribution is 5.98. The van der Waals surface area contributed by atoms with Crippen molar-refractivity contribution >= 4 is 17.6 Å². The third-order valence-electron chi connectivity index (χ3n) is 6.92. The predicted molar refractivity (Wildman–Crippen MR) is 125 cm³/mol. The Morgan fingerprint density at radius 3 is 2.61 bits per heavy atom. The Bertz CT molecular complexity index is 988. The number of carbonyl (C=O) groups is 2. The fourth-order valence-corrected chi connectivity index (χ4v) is 4.76. The van der Waals surface area contributed by atoms with Gasteiger partial charge in [-0.3, -0.25) is 9.59 Å². The molecule has 3 aliphatic heterocycles. The quantitative estimate of drug-likeness (QED) is 0.725. The number of hydrogen-bond acceptors (Lipinski definition) is 6. The zero-order chi connectivity index (χ0) is 23.3. The Hall–Kier alpha value is -3.13. The largest absolute Gasteiger partial charge is 0.491 e. The summed E-state index contributed by atoms with van der Waals surface area (Å²) < 4.78 is 6.00. The number of hydrogen-bond donors (Lipinski definition) is 2. The van der Waals surface area contributed by atoms with Crippen molar-refractivity contribution in [3.63, 3.8) is 0 Å². The molecule has 2 aromatic rings. The van der Waals surface area contributed by atoms with Gasteiger partial charge in [0.1, 0.15) is 18.2 Å². The minimum Gasteiger partial charge on any atom is -0.491 e. The van der Waals surface area contributed by atoms with Gasteiger partial charge in [0.25, 0.3) is 11.8 Å². The summed E-state index contributed by atoms with van der Waals surface area (Å²) in [6.07, 6.45) is 5.68. The Kier molecular flexibility index (Phi) is 7.13. The molecule has 1 aromatic carbocycles. The smallest absolute Gasteiger partial charge is 0.257 e. The highest BCUT2D eigenvalue weighted by Gasteiger charge is 2.36. The zero-order valence-corrected chi connectivity index (χ0v) is 18.9. The molecule has 176 valence electrons. The molecule has 2 amide bonds. The molecule has 8 heteroatoms. The Morgan fingerprint density at radius 1 is 1.06 bits per heavy atom. The van der Waals surface area contributed by atoms with Crippen molar-refractivity contribution in [3.8, 4) is 5.75 Å². The fraction of sp³-hybridized carbons (Fsp3) is 0.480. The summed E-state index contributed by atoms with van der Waals surface area (Å²) >= 11 is 0. The second-order valence-corrected chi connectivity index (χ2v) is 8.98. The van der Waals surface area contributed by atoms with Crippen molar-refractivity contribution < 1.29 is 19.4 Å². The average molecular weight is 453 g/mol. The number of benzene rings is 1. The van der Waals surface area contributed by atoms with Gasteiger partial charge in [-0.2, -0.15) is 0 Å². The number of nitrogens with zero attached hydrogens (tertiary/aromatic N) is 3. The number of anilines is 1. The van der Waals surface area contributed by atoms with E-state index in [2.05, 4.69) is 4.98 Å². The molecular weight excluding hydrogens is 420 g/mol. The van der Waals surface area contributed by atoms with Crippen molar-refractivity contribution in [2.45, 2.75) is 32.1 Å². The SMILES string of the molecule is Nc1ncccc1C(=O)N1CCCCC2(CO)CCN(CC2)C(=O)c2ccccc2OCC1. The number of aromatic nitrogens is 1. The van der Waals surface area contributed by atoms with Crippen LogP contribution in [-0.4, -0.2) is 71.1 Å². The molecule has 1 saturated heterocycles. The average Bonchev–Trinajstić information content (AvgIpc) is 2.86. The van der Waals surface area contributed by atoms with E-state index in [1.54, 1.807) is 35.4 Å². The molecule has 0 saturated carbocycles. The number of nitrogens with two attached hydrogens (primary N) is 1. The molecule has 0 spiro atoms. The van der Waals surface area contributed by atoms with Crippen molar-refractivity contribution in [1.82, 2.24) is 14.8 Å². The summed E-state index contributed by atoms with van der Waals surface area (Å²) in [5.74, 6) is 0.495. The predicted octanol–water partition coefficient (Wildman–Crippen LogP) is 2.58. The molecule has 0 atom stereocenters. The minimum atomic E-state index is -0.179. The van der Waals surface area contributed by atoms with Gasteiger partial charge in [-0.05, 0) is 55.4 Å². The van der Waals surface area contributed by atoms with E-state index in [-0.39, 0.29) is 36.3 Å². The molecule has 2 bridgehead atoms. The number of nitrogen functional groups attached to an aromatic ring is 1. The molecule has 1 aromatic heterocycles. The van der Waals surface area contributed by atoms with Crippen LogP contribution in [0.4, 0.5) is 5.82 Å². The lowest BCUT2D eigenvalue weighted by atomic mass is 9.75. The summed E-state index contributed by atoms with van der Waals surface area (Å²) in [5.41, 5.74) is 6.68. The van der Waals surface area contributed by atoms with Crippen LogP contribution >= 0.6 is 0 Å². The first-order chi connectivity index (χ1) is 16.0. The van der Waals surface area contributed by atoms with Crippen LogP contribution in [0.25, 0.3) is 0 Å². The normalized spacial score (nSPS) is 19.2. The number of fused-ring (bicyclic) bond motifs is 9. The molecule has 0 radical (unpaired) electrons. The number of pyridine rings is 1. The zero-order valence-electron chi connectivity index (χ0n) is 18.9. The van der Waals surface area contributed by atoms with Crippen LogP contribution in [-0.2, 0) is 0 Å². The van der Waals surface area contributed by atoms with Gasteiger partial charge < -0.3 is 25.4 Å². The number of carbonyl (C=O) groups excluding carboxylic acids is 2. The monoisotopic (exact) mass is 452 g/mol. The number of aliphatic hydroxyl groups is 1. The number of amides is 2. The van der Waals surface area contributed by atoms with E-state index in [0.29, 0.717) is 43.1 Å². The molecule has 0 aliphatic carbocycles. The Labute approximate surface area is 194 Å². The second-order valence-electron chi connectivity index (χ2n) is 8.98. The van der Waals surface area contributed by atoms with Crippen LogP contribution in [0.2, 0.25) is 0 Å². The number of piperidine rings is 1. The van der Waals surface area contributed by atoms with E-state index >= 15 is 0 Å². The van der Waals surface area contributed by atoms with E-state index in [1.165, 1.54) is 0 Å². The van der Waals surface area contributed by atoms with Gasteiger partial charge >= 0.3 is 0 Å². The Morgan fingerprint density at radius 2 is 1.85 bits per heavy atom. The van der Waals surface area contributed by atoms with E-state index in [1.807, 2.05) is 17.0 Å². The van der Waals surface area contributed by atoms with Crippen molar-refractivity contribution in [2.24, 2.45) is 5.41 Å². The molecule has 5 rings (SSSR count). The van der Waals surface area contributed by atoms with Gasteiger partial charge in [0.05, 0.1) is 17.7 Å². The summed E-state index contributed by atoms with van der Waals surface area (Å²) in [6, 6.07) is 10.6. The highest BCUT2D eigenvalue weighted by Crippen LogP contribution is 2.37. The first-order valence-corrected chi connectivity index (χ1v) is 11.6. The summed E-state index contributed by atoms with van der Waals surface area (Å²) in [6.45, 7) is 2.55. The summed E-state index contributed by atoms with van der Waals surface area (Å²) in [7, 11) is 0. The van der Waals surface area contributed by atoms with E-state index in [9.17, 15) is 14.7 Å². The minimum absolute atomic E-state index is 0.0527. The number of aliphatic hydroxyl groups excluding tert-OH is 1. The lowest BCUT2D eigenvalue weighted by Gasteiger charge is -2.41. The molecule has 8 nitrogen and oxygen atoms in total. The first-order valence-electron chi connectivity index (χ1n) is 11.6. The summed E-state index contributed by atoms with van der Waals surface area (Å²) in [4.78, 5) is 34.1. The van der Waals surface area contributed by atoms with Crippen LogP contribution in [0.1, 0.15) is 52.8 Å². The van der Waals surface area contributed by atoms with Crippen molar-refractivity contribution in [2.75, 3.05) is 45.1 Å². The standard InChI is InChI=1S/C25H32N4O4/c26-22-20(7-5-12-27-22)24(32)28-13-4-3-9-25(18-30)10-14-29(15-11-25)23(31)19-6-1-2-8-21(19)33-17-16-28/h1-2,5-8,12,30H,3-4,9-11,13-18H2,(H2,26,27). The number of para-hydroxylation sites is 1. The van der Waals surface area contributed by atoms with Crippen molar-refractivity contribution in [1.29, 1.82) is 0 Å². The Balaban J connectivity index is 1.58. The number of ether oxygens (including phenoxy) is 1. The highest BCUT2D eigenvalue weighted by atomic mass is 16.5. The second kappa shape index (κ2) is 10.2. The van der Waals surface area contributed by atoms with E-state index in [4.69, 9.17) is 10.5 Å². The van der Waals surface area contributed by atoms with E-state index in [0.717, 1.165) is 32.1 Å². The molecule has 33 heavy (non-hydrogen) atoms. The maximum absolute atomic E-state index is 13.2. The summed E-state index contributed by atoms with van der Waals surface area (Å²) in [5, 5.41) is 10.2. The lowest BCUT2D eigenvalue weighted by molar-refractivity contribution is 0.0297. The molecular formula is C25H32N4O4. The molecule has 3 N–H and O–H groups in total.